The van der Waals surface area contributed by atoms with Crippen molar-refractivity contribution in [1.82, 2.24) is 10.2 Å². The lowest BCUT2D eigenvalue weighted by molar-refractivity contribution is -0.138. The van der Waals surface area contributed by atoms with Crippen LogP contribution in [0.15, 0.2) is 25.3 Å². The molecule has 1 fully saturated rings. The van der Waals surface area contributed by atoms with E-state index in [0.717, 1.165) is 25.7 Å². The largest absolute Gasteiger partial charge is 0.481 e. The molecule has 5 nitrogen and oxygen atoms in total. The third-order valence-electron chi connectivity index (χ3n) is 3.41. The van der Waals surface area contributed by atoms with Crippen LogP contribution >= 0.6 is 0 Å². The van der Waals surface area contributed by atoms with E-state index in [1.165, 1.54) is 0 Å². The van der Waals surface area contributed by atoms with E-state index in [9.17, 15) is 9.59 Å². The lowest BCUT2D eigenvalue weighted by Crippen LogP contribution is -2.53. The van der Waals surface area contributed by atoms with E-state index in [1.807, 2.05) is 0 Å². The van der Waals surface area contributed by atoms with Crippen molar-refractivity contribution >= 4 is 12.0 Å². The molecular weight excluding hydrogens is 244 g/mol. The van der Waals surface area contributed by atoms with Crippen LogP contribution in [-0.4, -0.2) is 40.6 Å². The number of hydrogen-bond donors (Lipinski definition) is 2. The van der Waals surface area contributed by atoms with Crippen LogP contribution in [-0.2, 0) is 4.79 Å². The van der Waals surface area contributed by atoms with Crippen LogP contribution < -0.4 is 5.32 Å². The van der Waals surface area contributed by atoms with E-state index in [-0.39, 0.29) is 12.5 Å². The molecule has 19 heavy (non-hydrogen) atoms. The highest BCUT2D eigenvalue weighted by atomic mass is 16.4. The molecule has 0 radical (unpaired) electrons. The van der Waals surface area contributed by atoms with Gasteiger partial charge in [0.25, 0.3) is 0 Å². The molecule has 2 N–H and O–H groups in total. The molecule has 0 aliphatic heterocycles. The highest BCUT2D eigenvalue weighted by Gasteiger charge is 2.38. The SMILES string of the molecule is C=CCN(CC=C)C(=O)NC1(CC(=O)O)CCCC1. The summed E-state index contributed by atoms with van der Waals surface area (Å²) in [6, 6.07) is -0.247. The number of carbonyl (C=O) groups is 2. The predicted molar refractivity (Wildman–Crippen MR) is 74.0 cm³/mol. The lowest BCUT2D eigenvalue weighted by Gasteiger charge is -2.32. The van der Waals surface area contributed by atoms with Crippen molar-refractivity contribution in [2.45, 2.75) is 37.6 Å². The van der Waals surface area contributed by atoms with E-state index in [4.69, 9.17) is 5.11 Å². The van der Waals surface area contributed by atoms with E-state index in [1.54, 1.807) is 17.1 Å². The van der Waals surface area contributed by atoms with E-state index in [0.29, 0.717) is 13.1 Å². The van der Waals surface area contributed by atoms with Crippen molar-refractivity contribution in [3.63, 3.8) is 0 Å². The van der Waals surface area contributed by atoms with E-state index in [2.05, 4.69) is 18.5 Å². The zero-order valence-corrected chi connectivity index (χ0v) is 11.2. The molecule has 1 aliphatic carbocycles. The zero-order chi connectivity index (χ0) is 14.3. The standard InChI is InChI=1S/C14H22N2O3/c1-3-9-16(10-4-2)13(19)15-14(11-12(17)18)7-5-6-8-14/h3-4H,1-2,5-11H2,(H,15,19)(H,17,18). The first-order valence-electron chi connectivity index (χ1n) is 6.54. The third kappa shape index (κ3) is 4.43. The van der Waals surface area contributed by atoms with Gasteiger partial charge in [-0.15, -0.1) is 13.2 Å². The topological polar surface area (TPSA) is 69.6 Å². The van der Waals surface area contributed by atoms with Gasteiger partial charge in [-0.25, -0.2) is 4.79 Å². The van der Waals surface area contributed by atoms with Gasteiger partial charge < -0.3 is 15.3 Å². The van der Waals surface area contributed by atoms with Gasteiger partial charge in [0.05, 0.1) is 12.0 Å². The Morgan fingerprint density at radius 1 is 1.21 bits per heavy atom. The average Bonchev–Trinajstić information content (AvgIpc) is 2.76. The molecule has 0 aromatic carbocycles. The molecule has 0 saturated heterocycles. The van der Waals surface area contributed by atoms with Crippen molar-refractivity contribution < 1.29 is 14.7 Å². The quantitative estimate of drug-likeness (QED) is 0.694. The van der Waals surface area contributed by atoms with Crippen LogP contribution in [0.3, 0.4) is 0 Å². The Hall–Kier alpha value is -1.78. The molecule has 0 aromatic heterocycles. The smallest absolute Gasteiger partial charge is 0.318 e. The van der Waals surface area contributed by atoms with Crippen LogP contribution in [0.4, 0.5) is 4.79 Å². The van der Waals surface area contributed by atoms with Crippen LogP contribution in [0.5, 0.6) is 0 Å². The van der Waals surface area contributed by atoms with E-state index >= 15 is 0 Å². The molecule has 0 heterocycles. The van der Waals surface area contributed by atoms with Crippen LogP contribution in [0.1, 0.15) is 32.1 Å². The lowest BCUT2D eigenvalue weighted by atomic mass is 9.93. The second-order valence-electron chi connectivity index (χ2n) is 4.97. The number of urea groups is 1. The monoisotopic (exact) mass is 266 g/mol. The molecule has 1 rings (SSSR count). The summed E-state index contributed by atoms with van der Waals surface area (Å²) >= 11 is 0. The molecule has 0 bridgehead atoms. The number of aliphatic carboxylic acids is 1. The highest BCUT2D eigenvalue weighted by molar-refractivity contribution is 5.77. The highest BCUT2D eigenvalue weighted by Crippen LogP contribution is 2.32. The average molecular weight is 266 g/mol. The fraction of sp³-hybridized carbons (Fsp3) is 0.571. The summed E-state index contributed by atoms with van der Waals surface area (Å²) in [5.74, 6) is -0.874. The first-order chi connectivity index (χ1) is 9.03. The normalized spacial score (nSPS) is 16.6. The summed E-state index contributed by atoms with van der Waals surface area (Å²) in [6.07, 6.45) is 6.62. The van der Waals surface area contributed by atoms with Gasteiger partial charge in [-0.1, -0.05) is 25.0 Å². The summed E-state index contributed by atoms with van der Waals surface area (Å²) in [7, 11) is 0. The molecule has 106 valence electrons. The van der Waals surface area contributed by atoms with Crippen molar-refractivity contribution in [2.75, 3.05) is 13.1 Å². The summed E-state index contributed by atoms with van der Waals surface area (Å²) in [5.41, 5.74) is -0.594. The fourth-order valence-electron chi connectivity index (χ4n) is 2.55. The Morgan fingerprint density at radius 2 is 1.74 bits per heavy atom. The molecule has 0 atom stereocenters. The fourth-order valence-corrected chi connectivity index (χ4v) is 2.55. The number of carboxylic acids is 1. The van der Waals surface area contributed by atoms with Crippen molar-refractivity contribution in [1.29, 1.82) is 0 Å². The molecule has 0 spiro atoms. The van der Waals surface area contributed by atoms with Gasteiger partial charge >= 0.3 is 12.0 Å². The van der Waals surface area contributed by atoms with Crippen molar-refractivity contribution in [2.24, 2.45) is 0 Å². The summed E-state index contributed by atoms with van der Waals surface area (Å²) in [4.78, 5) is 24.7. The molecule has 1 saturated carbocycles. The second-order valence-corrected chi connectivity index (χ2v) is 4.97. The molecule has 0 unspecified atom stereocenters. The Balaban J connectivity index is 2.71. The maximum Gasteiger partial charge on any atom is 0.318 e. The van der Waals surface area contributed by atoms with Gasteiger partial charge in [0.15, 0.2) is 0 Å². The van der Waals surface area contributed by atoms with Gasteiger partial charge in [0.2, 0.25) is 0 Å². The first kappa shape index (κ1) is 15.3. The van der Waals surface area contributed by atoms with Crippen molar-refractivity contribution in [3.05, 3.63) is 25.3 Å². The Bertz CT molecular complexity index is 350. The minimum absolute atomic E-state index is 0.0191. The van der Waals surface area contributed by atoms with E-state index < -0.39 is 11.5 Å². The number of rotatable bonds is 7. The van der Waals surface area contributed by atoms with Gasteiger partial charge in [-0.3, -0.25) is 4.79 Å². The Kier molecular flexibility index (Phi) is 5.60. The number of nitrogens with one attached hydrogen (secondary N) is 1. The van der Waals surface area contributed by atoms with Crippen LogP contribution in [0, 0.1) is 0 Å². The number of hydrogen-bond acceptors (Lipinski definition) is 2. The third-order valence-corrected chi connectivity index (χ3v) is 3.41. The number of amides is 2. The van der Waals surface area contributed by atoms with Gasteiger partial charge in [-0.05, 0) is 12.8 Å². The van der Waals surface area contributed by atoms with Gasteiger partial charge in [0, 0.05) is 13.1 Å². The minimum atomic E-state index is -0.874. The number of carbonyl (C=O) groups excluding carboxylic acids is 1. The molecule has 5 heteroatoms. The number of nitrogens with zero attached hydrogens (tertiary/aromatic N) is 1. The Labute approximate surface area is 114 Å². The van der Waals surface area contributed by atoms with Crippen LogP contribution in [0.25, 0.3) is 0 Å². The molecule has 2 amide bonds. The van der Waals surface area contributed by atoms with Gasteiger partial charge in [0.1, 0.15) is 0 Å². The second kappa shape index (κ2) is 6.97. The maximum absolute atomic E-state index is 12.2. The summed E-state index contributed by atoms with van der Waals surface area (Å²) in [5, 5.41) is 11.9. The molecule has 1 aliphatic rings. The summed E-state index contributed by atoms with van der Waals surface area (Å²) in [6.45, 7) is 8.06. The first-order valence-corrected chi connectivity index (χ1v) is 6.54. The van der Waals surface area contributed by atoms with Gasteiger partial charge in [-0.2, -0.15) is 0 Å². The zero-order valence-electron chi connectivity index (χ0n) is 11.2. The molecule has 0 aromatic rings. The minimum Gasteiger partial charge on any atom is -0.481 e. The maximum atomic E-state index is 12.2. The van der Waals surface area contributed by atoms with Crippen LogP contribution in [0.2, 0.25) is 0 Å². The Morgan fingerprint density at radius 3 is 2.16 bits per heavy atom. The predicted octanol–water partition coefficient (Wildman–Crippen LogP) is 2.16. The number of carboxylic acid groups (broad SMARTS) is 1. The summed E-state index contributed by atoms with van der Waals surface area (Å²) < 4.78 is 0. The van der Waals surface area contributed by atoms with Crippen molar-refractivity contribution in [3.8, 4) is 0 Å². The molecular formula is C14H22N2O3.